The minimum Gasteiger partial charge on any atom is -0.313 e. The maximum absolute atomic E-state index is 14.4. The van der Waals surface area contributed by atoms with Crippen molar-refractivity contribution in [2.75, 3.05) is 4.72 Å². The number of nitrogens with zero attached hydrogens (tertiary/aromatic N) is 1. The maximum atomic E-state index is 14.4. The quantitative estimate of drug-likeness (QED) is 0.455. The van der Waals surface area contributed by atoms with Gasteiger partial charge in [0.1, 0.15) is 11.3 Å². The molecule has 1 aliphatic rings. The number of aromatic nitrogens is 2. The minimum absolute atomic E-state index is 0.178. The van der Waals surface area contributed by atoms with Gasteiger partial charge in [0.15, 0.2) is 5.82 Å². The largest absolute Gasteiger partial charge is 0.313 e. The van der Waals surface area contributed by atoms with Crippen molar-refractivity contribution in [3.8, 4) is 0 Å². The van der Waals surface area contributed by atoms with Crippen LogP contribution in [0.15, 0.2) is 46.3 Å². The van der Waals surface area contributed by atoms with E-state index in [-0.39, 0.29) is 29.2 Å². The molecule has 0 amide bonds. The number of fused-ring (bicyclic) bond motifs is 1. The first-order chi connectivity index (χ1) is 15.7. The van der Waals surface area contributed by atoms with Crippen LogP contribution in [0.25, 0.3) is 10.9 Å². The molecule has 33 heavy (non-hydrogen) atoms. The summed E-state index contributed by atoms with van der Waals surface area (Å²) in [6, 6.07) is 5.81. The summed E-state index contributed by atoms with van der Waals surface area (Å²) in [4.78, 5) is 17.6. The number of anilines is 1. The third-order valence-corrected chi connectivity index (χ3v) is 7.44. The van der Waals surface area contributed by atoms with Gasteiger partial charge in [-0.1, -0.05) is 25.7 Å². The van der Waals surface area contributed by atoms with E-state index in [2.05, 4.69) is 26.9 Å². The molecule has 0 unspecified atom stereocenters. The van der Waals surface area contributed by atoms with Gasteiger partial charge < -0.3 is 10.3 Å². The molecular formula is C23H26F2N4O3S. The molecule has 0 radical (unpaired) electrons. The molecule has 0 bridgehead atoms. The Hall–Kier alpha value is -2.85. The van der Waals surface area contributed by atoms with Gasteiger partial charge in [-0.2, -0.15) is 0 Å². The van der Waals surface area contributed by atoms with Crippen LogP contribution in [0.2, 0.25) is 0 Å². The molecule has 10 heteroatoms. The summed E-state index contributed by atoms with van der Waals surface area (Å²) in [6.07, 6.45) is 7.01. The molecule has 7 nitrogen and oxygen atoms in total. The average Bonchev–Trinajstić information content (AvgIpc) is 3.27. The van der Waals surface area contributed by atoms with Gasteiger partial charge in [0, 0.05) is 12.6 Å². The lowest BCUT2D eigenvalue weighted by Crippen LogP contribution is -2.28. The molecule has 1 heterocycles. The second kappa shape index (κ2) is 9.56. The molecule has 0 saturated heterocycles. The molecule has 2 aromatic carbocycles. The molecule has 176 valence electrons. The van der Waals surface area contributed by atoms with Crippen LogP contribution in [0, 0.1) is 17.6 Å². The van der Waals surface area contributed by atoms with E-state index in [9.17, 15) is 22.0 Å². The zero-order chi connectivity index (χ0) is 23.6. The van der Waals surface area contributed by atoms with E-state index in [4.69, 9.17) is 0 Å². The Balaban J connectivity index is 1.56. The summed E-state index contributed by atoms with van der Waals surface area (Å²) in [5.41, 5.74) is -0.269. The van der Waals surface area contributed by atoms with Crippen molar-refractivity contribution in [3.63, 3.8) is 0 Å². The Labute approximate surface area is 190 Å². The van der Waals surface area contributed by atoms with Crippen LogP contribution in [0.1, 0.15) is 44.6 Å². The van der Waals surface area contributed by atoms with Gasteiger partial charge in [0.2, 0.25) is 0 Å². The van der Waals surface area contributed by atoms with Crippen LogP contribution in [0.4, 0.5) is 14.5 Å². The molecule has 3 aromatic rings. The molecule has 0 spiro atoms. The number of nitrogens with one attached hydrogen (secondary N) is 3. The van der Waals surface area contributed by atoms with Gasteiger partial charge in [-0.3, -0.25) is 9.52 Å². The van der Waals surface area contributed by atoms with E-state index in [1.54, 1.807) is 0 Å². The fraction of sp³-hybridized carbons (Fsp3) is 0.391. The number of sulfonamides is 1. The smallest absolute Gasteiger partial charge is 0.262 e. The van der Waals surface area contributed by atoms with Crippen molar-refractivity contribution in [2.45, 2.75) is 56.5 Å². The van der Waals surface area contributed by atoms with Gasteiger partial charge in [-0.25, -0.2) is 22.2 Å². The summed E-state index contributed by atoms with van der Waals surface area (Å²) >= 11 is 0. The first-order valence-electron chi connectivity index (χ1n) is 10.9. The number of rotatable bonds is 8. The van der Waals surface area contributed by atoms with E-state index in [1.807, 2.05) is 0 Å². The molecule has 1 aliphatic carbocycles. The topological polar surface area (TPSA) is 104 Å². The van der Waals surface area contributed by atoms with Gasteiger partial charge >= 0.3 is 0 Å². The minimum atomic E-state index is -4.26. The standard InChI is InChI=1S/C23H26F2N4O3S/c1-14(8-15-4-2-3-5-15)26-12-16-9-17(24)6-7-21(16)29-33(31,32)18-10-19-22(20(25)11-18)27-13-28-23(19)30/h6-7,9-11,13-15,26,29H,2-5,8,12H2,1H3,(H,27,28,30)/t14-/m0/s1. The summed E-state index contributed by atoms with van der Waals surface area (Å²) in [5, 5.41) is 3.16. The van der Waals surface area contributed by atoms with E-state index >= 15 is 0 Å². The molecule has 1 atom stereocenters. The van der Waals surface area contributed by atoms with Gasteiger partial charge in [-0.05, 0) is 55.2 Å². The monoisotopic (exact) mass is 476 g/mol. The lowest BCUT2D eigenvalue weighted by molar-refractivity contribution is 0.404. The average molecular weight is 477 g/mol. The Morgan fingerprint density at radius 1 is 1.18 bits per heavy atom. The second-order valence-electron chi connectivity index (χ2n) is 8.61. The second-order valence-corrected chi connectivity index (χ2v) is 10.3. The van der Waals surface area contributed by atoms with Gasteiger partial charge in [0.05, 0.1) is 22.3 Å². The van der Waals surface area contributed by atoms with E-state index in [0.717, 1.165) is 30.9 Å². The SMILES string of the molecule is C[C@@H](CC1CCCC1)NCc1cc(F)ccc1NS(=O)(=O)c1cc(F)c2nc[nH]c(=O)c2c1. The van der Waals surface area contributed by atoms with E-state index in [0.29, 0.717) is 11.5 Å². The first kappa shape index (κ1) is 23.3. The highest BCUT2D eigenvalue weighted by molar-refractivity contribution is 7.92. The number of benzene rings is 2. The molecule has 1 aromatic heterocycles. The number of H-pyrrole nitrogens is 1. The normalized spacial score (nSPS) is 15.7. The highest BCUT2D eigenvalue weighted by Gasteiger charge is 2.21. The van der Waals surface area contributed by atoms with Crippen LogP contribution in [-0.2, 0) is 16.6 Å². The summed E-state index contributed by atoms with van der Waals surface area (Å²) in [6.45, 7) is 2.32. The molecule has 1 fully saturated rings. The van der Waals surface area contributed by atoms with Crippen LogP contribution >= 0.6 is 0 Å². The highest BCUT2D eigenvalue weighted by atomic mass is 32.2. The molecule has 3 N–H and O–H groups in total. The van der Waals surface area contributed by atoms with Crippen molar-refractivity contribution in [1.29, 1.82) is 0 Å². The Morgan fingerprint density at radius 3 is 2.70 bits per heavy atom. The summed E-state index contributed by atoms with van der Waals surface area (Å²) in [5.74, 6) is -0.744. The number of hydrogen-bond acceptors (Lipinski definition) is 5. The summed E-state index contributed by atoms with van der Waals surface area (Å²) in [7, 11) is -4.26. The summed E-state index contributed by atoms with van der Waals surface area (Å²) < 4.78 is 56.7. The predicted molar refractivity (Wildman–Crippen MR) is 122 cm³/mol. The lowest BCUT2D eigenvalue weighted by atomic mass is 9.99. The highest BCUT2D eigenvalue weighted by Crippen LogP contribution is 2.29. The van der Waals surface area contributed by atoms with Crippen molar-refractivity contribution >= 4 is 26.6 Å². The number of hydrogen-bond donors (Lipinski definition) is 3. The van der Waals surface area contributed by atoms with E-state index < -0.39 is 32.1 Å². The zero-order valence-corrected chi connectivity index (χ0v) is 19.0. The van der Waals surface area contributed by atoms with Crippen LogP contribution in [-0.4, -0.2) is 24.4 Å². The fourth-order valence-electron chi connectivity index (χ4n) is 4.39. The predicted octanol–water partition coefficient (Wildman–Crippen LogP) is 4.06. The van der Waals surface area contributed by atoms with Crippen molar-refractivity contribution < 1.29 is 17.2 Å². The third-order valence-electron chi connectivity index (χ3n) is 6.10. The Kier molecular flexibility index (Phi) is 6.76. The number of halogens is 2. The Morgan fingerprint density at radius 2 is 1.94 bits per heavy atom. The van der Waals surface area contributed by atoms with E-state index in [1.165, 1.54) is 37.8 Å². The zero-order valence-electron chi connectivity index (χ0n) is 18.2. The van der Waals surface area contributed by atoms with Crippen LogP contribution in [0.3, 0.4) is 0 Å². The first-order valence-corrected chi connectivity index (χ1v) is 12.4. The van der Waals surface area contributed by atoms with Crippen molar-refractivity contribution in [2.24, 2.45) is 5.92 Å². The lowest BCUT2D eigenvalue weighted by Gasteiger charge is -2.19. The molecule has 4 rings (SSSR count). The molecule has 1 saturated carbocycles. The van der Waals surface area contributed by atoms with Crippen LogP contribution in [0.5, 0.6) is 0 Å². The third kappa shape index (κ3) is 5.39. The van der Waals surface area contributed by atoms with Gasteiger partial charge in [0.25, 0.3) is 15.6 Å². The van der Waals surface area contributed by atoms with Crippen LogP contribution < -0.4 is 15.6 Å². The fourth-order valence-corrected chi connectivity index (χ4v) is 5.53. The van der Waals surface area contributed by atoms with Crippen molar-refractivity contribution in [1.82, 2.24) is 15.3 Å². The maximum Gasteiger partial charge on any atom is 0.262 e. The molecular weight excluding hydrogens is 450 g/mol. The van der Waals surface area contributed by atoms with Crippen molar-refractivity contribution in [3.05, 3.63) is 64.2 Å². The molecule has 0 aliphatic heterocycles. The Bertz CT molecular complexity index is 1320. The number of aromatic amines is 1. The van der Waals surface area contributed by atoms with Gasteiger partial charge in [-0.15, -0.1) is 0 Å².